The Bertz CT molecular complexity index is 176. The van der Waals surface area contributed by atoms with Gasteiger partial charge in [0, 0.05) is 12.5 Å². The van der Waals surface area contributed by atoms with E-state index < -0.39 is 9.84 Å². The quantitative estimate of drug-likeness (QED) is 0.468. The van der Waals surface area contributed by atoms with Crippen LogP contribution in [0.15, 0.2) is 0 Å². The van der Waals surface area contributed by atoms with E-state index in [0.717, 1.165) is 0 Å². The summed E-state index contributed by atoms with van der Waals surface area (Å²) < 4.78 is 26.8. The normalized spacial score (nSPS) is 11.8. The molecule has 0 aliphatic carbocycles. The van der Waals surface area contributed by atoms with Gasteiger partial charge in [-0.2, -0.15) is 0 Å². The van der Waals surface area contributed by atoms with E-state index in [-0.39, 0.29) is 24.0 Å². The van der Waals surface area contributed by atoms with Gasteiger partial charge in [-0.3, -0.25) is 0 Å². The summed E-state index contributed by atoms with van der Waals surface area (Å²) in [5.74, 6) is 0.281. The van der Waals surface area contributed by atoms with Gasteiger partial charge in [-0.15, -0.1) is 11.6 Å². The topological polar surface area (TPSA) is 43.4 Å². The van der Waals surface area contributed by atoms with Crippen LogP contribution in [-0.2, 0) is 14.6 Å². The van der Waals surface area contributed by atoms with E-state index >= 15 is 0 Å². The molecule has 0 rings (SSSR count). The van der Waals surface area contributed by atoms with Crippen LogP contribution in [0.3, 0.4) is 0 Å². The Hall–Kier alpha value is 0.200. The summed E-state index contributed by atoms with van der Waals surface area (Å²) in [6.45, 7) is 2.65. The third-order valence-electron chi connectivity index (χ3n) is 1.13. The van der Waals surface area contributed by atoms with Crippen molar-refractivity contribution in [2.75, 3.05) is 30.6 Å². The lowest BCUT2D eigenvalue weighted by Crippen LogP contribution is -2.16. The van der Waals surface area contributed by atoms with E-state index in [1.54, 1.807) is 0 Å². The van der Waals surface area contributed by atoms with Gasteiger partial charge >= 0.3 is 0 Å². The highest BCUT2D eigenvalue weighted by molar-refractivity contribution is 7.91. The summed E-state index contributed by atoms with van der Waals surface area (Å²) in [5, 5.41) is 0. The molecule has 0 spiro atoms. The Morgan fingerprint density at radius 3 is 2.45 bits per heavy atom. The van der Waals surface area contributed by atoms with Crippen LogP contribution in [-0.4, -0.2) is 39.0 Å². The molecule has 0 saturated heterocycles. The first-order valence-corrected chi connectivity index (χ1v) is 5.82. The van der Waals surface area contributed by atoms with Crippen molar-refractivity contribution in [2.45, 2.75) is 6.92 Å². The maximum atomic E-state index is 10.9. The van der Waals surface area contributed by atoms with E-state index in [4.69, 9.17) is 16.3 Å². The molecule has 0 fully saturated rings. The standard InChI is InChI=1S/C6H13ClO3S/c1-2-10-4-6-11(8,9)5-3-7/h2-6H2,1H3. The molecule has 0 N–H and O–H groups in total. The SMILES string of the molecule is CCOCCS(=O)(=O)CCCl. The van der Waals surface area contributed by atoms with Gasteiger partial charge < -0.3 is 4.74 Å². The second kappa shape index (κ2) is 5.80. The van der Waals surface area contributed by atoms with Crippen LogP contribution in [0.1, 0.15) is 6.92 Å². The molecule has 0 radical (unpaired) electrons. The smallest absolute Gasteiger partial charge is 0.153 e. The van der Waals surface area contributed by atoms with Crippen molar-refractivity contribution < 1.29 is 13.2 Å². The molecule has 0 aliphatic rings. The van der Waals surface area contributed by atoms with E-state index in [9.17, 15) is 8.42 Å². The summed E-state index contributed by atoms with van der Waals surface area (Å²) in [5.41, 5.74) is 0. The van der Waals surface area contributed by atoms with Crippen molar-refractivity contribution in [3.63, 3.8) is 0 Å². The lowest BCUT2D eigenvalue weighted by molar-refractivity contribution is 0.163. The van der Waals surface area contributed by atoms with Crippen molar-refractivity contribution in [3.8, 4) is 0 Å². The second-order valence-corrected chi connectivity index (χ2v) is 4.72. The molecule has 0 unspecified atom stereocenters. The molecule has 11 heavy (non-hydrogen) atoms. The zero-order chi connectivity index (χ0) is 8.74. The average molecular weight is 201 g/mol. The zero-order valence-electron chi connectivity index (χ0n) is 6.55. The monoisotopic (exact) mass is 200 g/mol. The van der Waals surface area contributed by atoms with Crippen molar-refractivity contribution in [1.29, 1.82) is 0 Å². The molecule has 5 heteroatoms. The maximum absolute atomic E-state index is 10.9. The highest BCUT2D eigenvalue weighted by Gasteiger charge is 2.08. The van der Waals surface area contributed by atoms with E-state index in [0.29, 0.717) is 6.61 Å². The van der Waals surface area contributed by atoms with Crippen LogP contribution in [0.25, 0.3) is 0 Å². The zero-order valence-corrected chi connectivity index (χ0v) is 8.12. The van der Waals surface area contributed by atoms with Crippen LogP contribution in [0.4, 0.5) is 0 Å². The molecule has 3 nitrogen and oxygen atoms in total. The Kier molecular flexibility index (Phi) is 5.91. The lowest BCUT2D eigenvalue weighted by atomic mass is 10.8. The predicted molar refractivity (Wildman–Crippen MR) is 45.9 cm³/mol. The summed E-state index contributed by atoms with van der Waals surface area (Å²) in [4.78, 5) is 0. The van der Waals surface area contributed by atoms with Crippen molar-refractivity contribution in [3.05, 3.63) is 0 Å². The Labute approximate surface area is 72.6 Å². The molecule has 68 valence electrons. The largest absolute Gasteiger partial charge is 0.381 e. The molecule has 0 amide bonds. The van der Waals surface area contributed by atoms with Crippen LogP contribution in [0, 0.1) is 0 Å². The number of rotatable bonds is 6. The Morgan fingerprint density at radius 1 is 1.36 bits per heavy atom. The van der Waals surface area contributed by atoms with Gasteiger partial charge in [-0.25, -0.2) is 8.42 Å². The van der Waals surface area contributed by atoms with Crippen molar-refractivity contribution in [1.82, 2.24) is 0 Å². The molecule has 0 aromatic carbocycles. The molecule has 0 aliphatic heterocycles. The maximum Gasteiger partial charge on any atom is 0.153 e. The fourth-order valence-electron chi connectivity index (χ4n) is 0.550. The van der Waals surface area contributed by atoms with Crippen LogP contribution < -0.4 is 0 Å². The van der Waals surface area contributed by atoms with Gasteiger partial charge in [0.2, 0.25) is 0 Å². The first kappa shape index (κ1) is 11.2. The molecule has 0 atom stereocenters. The van der Waals surface area contributed by atoms with Gasteiger partial charge in [0.25, 0.3) is 0 Å². The molecule has 0 aromatic heterocycles. The fourth-order valence-corrected chi connectivity index (χ4v) is 2.07. The molecular weight excluding hydrogens is 188 g/mol. The minimum atomic E-state index is -2.96. The third kappa shape index (κ3) is 6.59. The highest BCUT2D eigenvalue weighted by atomic mass is 35.5. The van der Waals surface area contributed by atoms with Gasteiger partial charge in [0.1, 0.15) is 0 Å². The van der Waals surface area contributed by atoms with Gasteiger partial charge in [0.05, 0.1) is 18.1 Å². The molecular formula is C6H13ClO3S. The average Bonchev–Trinajstić information content (AvgIpc) is 1.87. The van der Waals surface area contributed by atoms with Crippen molar-refractivity contribution >= 4 is 21.4 Å². The predicted octanol–water partition coefficient (Wildman–Crippen LogP) is 0.677. The Balaban J connectivity index is 3.56. The number of ether oxygens (including phenoxy) is 1. The number of halogens is 1. The van der Waals surface area contributed by atoms with E-state index in [1.165, 1.54) is 0 Å². The minimum absolute atomic E-state index is 0.0433. The molecule has 0 bridgehead atoms. The summed E-state index contributed by atoms with van der Waals surface area (Å²) in [7, 11) is -2.96. The van der Waals surface area contributed by atoms with Crippen LogP contribution in [0.5, 0.6) is 0 Å². The number of hydrogen-bond acceptors (Lipinski definition) is 3. The molecule has 0 saturated carbocycles. The van der Waals surface area contributed by atoms with Crippen molar-refractivity contribution in [2.24, 2.45) is 0 Å². The first-order valence-electron chi connectivity index (χ1n) is 3.46. The summed E-state index contributed by atoms with van der Waals surface area (Å²) in [6, 6.07) is 0. The second-order valence-electron chi connectivity index (χ2n) is 2.04. The van der Waals surface area contributed by atoms with Crippen LogP contribution in [0.2, 0.25) is 0 Å². The summed E-state index contributed by atoms with van der Waals surface area (Å²) in [6.07, 6.45) is 0. The van der Waals surface area contributed by atoms with E-state index in [2.05, 4.69) is 0 Å². The van der Waals surface area contributed by atoms with Crippen LogP contribution >= 0.6 is 11.6 Å². The van der Waals surface area contributed by atoms with E-state index in [1.807, 2.05) is 6.92 Å². The van der Waals surface area contributed by atoms with Gasteiger partial charge in [-0.1, -0.05) is 0 Å². The number of hydrogen-bond donors (Lipinski definition) is 0. The van der Waals surface area contributed by atoms with Gasteiger partial charge in [0.15, 0.2) is 9.84 Å². The third-order valence-corrected chi connectivity index (χ3v) is 3.16. The van der Waals surface area contributed by atoms with Gasteiger partial charge in [-0.05, 0) is 6.92 Å². The Morgan fingerprint density at radius 2 is 2.00 bits per heavy atom. The molecule has 0 heterocycles. The summed E-state index contributed by atoms with van der Waals surface area (Å²) >= 11 is 5.28. The number of sulfone groups is 1. The fraction of sp³-hybridized carbons (Fsp3) is 1.00. The first-order chi connectivity index (χ1) is 5.12. The number of alkyl halides is 1. The lowest BCUT2D eigenvalue weighted by Gasteiger charge is -2.01. The minimum Gasteiger partial charge on any atom is -0.381 e. The molecule has 0 aromatic rings. The highest BCUT2D eigenvalue weighted by Crippen LogP contribution is 1.92.